The summed E-state index contributed by atoms with van der Waals surface area (Å²) >= 11 is 0. The van der Waals surface area contributed by atoms with Gasteiger partial charge in [0, 0.05) is 5.56 Å². The van der Waals surface area contributed by atoms with Gasteiger partial charge in [0.1, 0.15) is 17.4 Å². The van der Waals surface area contributed by atoms with E-state index >= 15 is 0 Å². The summed E-state index contributed by atoms with van der Waals surface area (Å²) in [6.07, 6.45) is -1.17. The van der Waals surface area contributed by atoms with Crippen molar-refractivity contribution in [2.45, 2.75) is 12.6 Å². The molecule has 1 unspecified atom stereocenters. The van der Waals surface area contributed by atoms with Gasteiger partial charge in [-0.05, 0) is 18.2 Å². The Hall–Kier alpha value is -2.60. The standard InChI is InChI=1S/C15H12FN3O2/c16-12-7-3-1-5-10(12)14(20)9-19-15(21)11-6-2-4-8-13(11)17-18-19/h1-8,14,20H,9H2. The van der Waals surface area contributed by atoms with Crippen LogP contribution in [-0.2, 0) is 6.54 Å². The van der Waals surface area contributed by atoms with E-state index < -0.39 is 11.9 Å². The SMILES string of the molecule is O=c1c2ccccc2nnn1CC(O)c1ccccc1F. The van der Waals surface area contributed by atoms with Gasteiger partial charge in [0.15, 0.2) is 0 Å². The van der Waals surface area contributed by atoms with Crippen LogP contribution in [0.5, 0.6) is 0 Å². The van der Waals surface area contributed by atoms with Gasteiger partial charge in [0.2, 0.25) is 0 Å². The zero-order valence-corrected chi connectivity index (χ0v) is 11.0. The van der Waals surface area contributed by atoms with E-state index in [2.05, 4.69) is 10.3 Å². The Morgan fingerprint density at radius 1 is 1.14 bits per heavy atom. The van der Waals surface area contributed by atoms with Crippen molar-refractivity contribution >= 4 is 10.9 Å². The maximum atomic E-state index is 13.6. The summed E-state index contributed by atoms with van der Waals surface area (Å²) in [6, 6.07) is 12.7. The summed E-state index contributed by atoms with van der Waals surface area (Å²) in [5, 5.41) is 18.2. The molecule has 2 aromatic carbocycles. The summed E-state index contributed by atoms with van der Waals surface area (Å²) in [4.78, 5) is 12.2. The van der Waals surface area contributed by atoms with Crippen molar-refractivity contribution in [2.75, 3.05) is 0 Å². The average molecular weight is 285 g/mol. The Morgan fingerprint density at radius 2 is 1.86 bits per heavy atom. The average Bonchev–Trinajstić information content (AvgIpc) is 2.51. The third kappa shape index (κ3) is 2.53. The number of hydrogen-bond acceptors (Lipinski definition) is 4. The lowest BCUT2D eigenvalue weighted by atomic mass is 10.1. The minimum absolute atomic E-state index is 0.124. The molecule has 1 heterocycles. The lowest BCUT2D eigenvalue weighted by Crippen LogP contribution is -2.27. The Kier molecular flexibility index (Phi) is 3.45. The van der Waals surface area contributed by atoms with Crippen LogP contribution in [0, 0.1) is 5.82 Å². The number of benzene rings is 2. The smallest absolute Gasteiger partial charge is 0.277 e. The fourth-order valence-electron chi connectivity index (χ4n) is 2.15. The summed E-state index contributed by atoms with van der Waals surface area (Å²) in [5.41, 5.74) is 0.245. The van der Waals surface area contributed by atoms with Crippen LogP contribution < -0.4 is 5.56 Å². The highest BCUT2D eigenvalue weighted by Crippen LogP contribution is 2.17. The highest BCUT2D eigenvalue weighted by Gasteiger charge is 2.15. The monoisotopic (exact) mass is 285 g/mol. The number of hydrogen-bond donors (Lipinski definition) is 1. The molecule has 0 bridgehead atoms. The Labute approximate surface area is 119 Å². The molecule has 106 valence electrons. The van der Waals surface area contributed by atoms with Gasteiger partial charge in [0.05, 0.1) is 11.9 Å². The van der Waals surface area contributed by atoms with Crippen LogP contribution in [-0.4, -0.2) is 20.1 Å². The molecule has 6 heteroatoms. The molecule has 1 aromatic heterocycles. The van der Waals surface area contributed by atoms with E-state index in [4.69, 9.17) is 0 Å². The molecule has 0 radical (unpaired) electrons. The van der Waals surface area contributed by atoms with E-state index in [9.17, 15) is 14.3 Å². The van der Waals surface area contributed by atoms with Gasteiger partial charge in [-0.25, -0.2) is 9.07 Å². The number of fused-ring (bicyclic) bond motifs is 1. The third-order valence-corrected chi connectivity index (χ3v) is 3.24. The van der Waals surface area contributed by atoms with Crippen molar-refractivity contribution in [3.05, 3.63) is 70.3 Å². The van der Waals surface area contributed by atoms with Gasteiger partial charge in [0.25, 0.3) is 5.56 Å². The van der Waals surface area contributed by atoms with E-state index in [0.29, 0.717) is 10.9 Å². The first kappa shape index (κ1) is 13.4. The first-order valence-corrected chi connectivity index (χ1v) is 6.42. The number of rotatable bonds is 3. The number of aliphatic hydroxyl groups excluding tert-OH is 1. The van der Waals surface area contributed by atoms with Gasteiger partial charge in [-0.1, -0.05) is 35.5 Å². The molecular formula is C15H12FN3O2. The fourth-order valence-corrected chi connectivity index (χ4v) is 2.15. The molecule has 3 rings (SSSR count). The molecule has 0 fully saturated rings. The van der Waals surface area contributed by atoms with E-state index in [1.54, 1.807) is 30.3 Å². The molecule has 0 amide bonds. The Bertz CT molecular complexity index is 847. The van der Waals surface area contributed by atoms with Crippen molar-refractivity contribution in [3.8, 4) is 0 Å². The number of aliphatic hydroxyl groups is 1. The lowest BCUT2D eigenvalue weighted by Gasteiger charge is -2.12. The Balaban J connectivity index is 1.97. The molecule has 0 aliphatic carbocycles. The number of nitrogens with zero attached hydrogens (tertiary/aromatic N) is 3. The van der Waals surface area contributed by atoms with Crippen LogP contribution in [0.1, 0.15) is 11.7 Å². The summed E-state index contributed by atoms with van der Waals surface area (Å²) < 4.78 is 14.7. The quantitative estimate of drug-likeness (QED) is 0.794. The molecule has 21 heavy (non-hydrogen) atoms. The number of aromatic nitrogens is 3. The first-order chi connectivity index (χ1) is 10.2. The first-order valence-electron chi connectivity index (χ1n) is 6.42. The van der Waals surface area contributed by atoms with Crippen LogP contribution in [0.4, 0.5) is 4.39 Å². The predicted molar refractivity (Wildman–Crippen MR) is 75.2 cm³/mol. The third-order valence-electron chi connectivity index (χ3n) is 3.24. The minimum atomic E-state index is -1.17. The molecule has 3 aromatic rings. The van der Waals surface area contributed by atoms with E-state index in [0.717, 1.165) is 4.68 Å². The van der Waals surface area contributed by atoms with Crippen LogP contribution in [0.3, 0.4) is 0 Å². The van der Waals surface area contributed by atoms with Gasteiger partial charge < -0.3 is 5.11 Å². The molecule has 1 atom stereocenters. The number of halogens is 1. The largest absolute Gasteiger partial charge is 0.386 e. The van der Waals surface area contributed by atoms with Gasteiger partial charge in [-0.2, -0.15) is 0 Å². The second kappa shape index (κ2) is 5.41. The second-order valence-corrected chi connectivity index (χ2v) is 4.63. The van der Waals surface area contributed by atoms with Crippen molar-refractivity contribution in [1.29, 1.82) is 0 Å². The Morgan fingerprint density at radius 3 is 2.67 bits per heavy atom. The zero-order valence-electron chi connectivity index (χ0n) is 11.0. The van der Waals surface area contributed by atoms with Crippen molar-refractivity contribution in [3.63, 3.8) is 0 Å². The highest BCUT2D eigenvalue weighted by molar-refractivity contribution is 5.76. The molecule has 5 nitrogen and oxygen atoms in total. The predicted octanol–water partition coefficient (Wildman–Crippen LogP) is 1.66. The van der Waals surface area contributed by atoms with Gasteiger partial charge in [-0.3, -0.25) is 4.79 Å². The van der Waals surface area contributed by atoms with Crippen LogP contribution >= 0.6 is 0 Å². The normalized spacial score (nSPS) is 12.5. The van der Waals surface area contributed by atoms with Crippen LogP contribution in [0.15, 0.2) is 53.3 Å². The molecular weight excluding hydrogens is 273 g/mol. The zero-order chi connectivity index (χ0) is 14.8. The highest BCUT2D eigenvalue weighted by atomic mass is 19.1. The molecule has 0 aliphatic heterocycles. The topological polar surface area (TPSA) is 68.0 Å². The van der Waals surface area contributed by atoms with Gasteiger partial charge in [-0.15, -0.1) is 5.10 Å². The fraction of sp³-hybridized carbons (Fsp3) is 0.133. The lowest BCUT2D eigenvalue weighted by molar-refractivity contribution is 0.144. The summed E-state index contributed by atoms with van der Waals surface area (Å²) in [7, 11) is 0. The van der Waals surface area contributed by atoms with E-state index in [1.807, 2.05) is 0 Å². The van der Waals surface area contributed by atoms with E-state index in [-0.39, 0.29) is 17.7 Å². The van der Waals surface area contributed by atoms with Gasteiger partial charge >= 0.3 is 0 Å². The van der Waals surface area contributed by atoms with Crippen molar-refractivity contribution < 1.29 is 9.50 Å². The maximum Gasteiger partial charge on any atom is 0.277 e. The van der Waals surface area contributed by atoms with E-state index in [1.165, 1.54) is 18.2 Å². The second-order valence-electron chi connectivity index (χ2n) is 4.63. The molecule has 1 N–H and O–H groups in total. The van der Waals surface area contributed by atoms with Crippen LogP contribution in [0.2, 0.25) is 0 Å². The molecule has 0 spiro atoms. The summed E-state index contributed by atoms with van der Waals surface area (Å²) in [5.74, 6) is -0.521. The van der Waals surface area contributed by atoms with Crippen LogP contribution in [0.25, 0.3) is 10.9 Å². The molecule has 0 saturated carbocycles. The minimum Gasteiger partial charge on any atom is -0.386 e. The van der Waals surface area contributed by atoms with Crippen molar-refractivity contribution in [1.82, 2.24) is 15.0 Å². The summed E-state index contributed by atoms with van der Waals surface area (Å²) in [6.45, 7) is -0.155. The molecule has 0 aliphatic rings. The molecule has 0 saturated heterocycles. The van der Waals surface area contributed by atoms with Crippen molar-refractivity contribution in [2.24, 2.45) is 0 Å². The maximum absolute atomic E-state index is 13.6.